The van der Waals surface area contributed by atoms with Gasteiger partial charge in [-0.15, -0.1) is 0 Å². The molecule has 6 nitrogen and oxygen atoms in total. The molecule has 2 bridgehead atoms. The van der Waals surface area contributed by atoms with Crippen LogP contribution >= 0.6 is 0 Å². The van der Waals surface area contributed by atoms with E-state index in [1.165, 1.54) is 25.0 Å². The van der Waals surface area contributed by atoms with Crippen LogP contribution in [0.15, 0.2) is 36.4 Å². The number of ether oxygens (including phenoxy) is 1. The van der Waals surface area contributed by atoms with E-state index in [1.54, 1.807) is 12.1 Å². The summed E-state index contributed by atoms with van der Waals surface area (Å²) in [6.07, 6.45) is 10.6. The van der Waals surface area contributed by atoms with Crippen molar-refractivity contribution in [3.63, 3.8) is 0 Å². The molecule has 8 rings (SSSR count). The third-order valence-electron chi connectivity index (χ3n) is 13.0. The second kappa shape index (κ2) is 11.3. The number of nitrogens with zero attached hydrogens (tertiary/aromatic N) is 2. The number of aliphatic hydroxyl groups is 1. The number of likely N-dealkylation sites (tertiary alicyclic amines) is 1. The Balaban J connectivity index is 1.23. The molecule has 1 saturated heterocycles. The summed E-state index contributed by atoms with van der Waals surface area (Å²) < 4.78 is 34.7. The van der Waals surface area contributed by atoms with E-state index >= 15 is 0 Å². The van der Waals surface area contributed by atoms with E-state index in [1.807, 2.05) is 6.07 Å². The van der Waals surface area contributed by atoms with E-state index in [0.717, 1.165) is 62.0 Å². The van der Waals surface area contributed by atoms with Crippen molar-refractivity contribution in [1.29, 1.82) is 0 Å². The Morgan fingerprint density at radius 2 is 1.89 bits per heavy atom. The zero-order chi connectivity index (χ0) is 32.8. The van der Waals surface area contributed by atoms with Crippen LogP contribution in [-0.4, -0.2) is 68.8 Å². The van der Waals surface area contributed by atoms with Gasteiger partial charge in [0.15, 0.2) is 23.1 Å². The summed E-state index contributed by atoms with van der Waals surface area (Å²) in [4.78, 5) is 19.3. The highest BCUT2D eigenvalue weighted by molar-refractivity contribution is 5.92. The molecule has 2 heterocycles. The third kappa shape index (κ3) is 4.79. The van der Waals surface area contributed by atoms with Gasteiger partial charge in [-0.3, -0.25) is 9.69 Å². The highest BCUT2D eigenvalue weighted by Crippen LogP contribution is 2.66. The number of rotatable bonds is 7. The summed E-state index contributed by atoms with van der Waals surface area (Å²) in [5, 5.41) is 24.2. The number of phenols is 1. The van der Waals surface area contributed by atoms with Gasteiger partial charge in [-0.2, -0.15) is 0 Å². The zero-order valence-electron chi connectivity index (χ0n) is 27.8. The van der Waals surface area contributed by atoms with Crippen LogP contribution in [0.25, 0.3) is 6.08 Å². The molecular weight excluding hydrogens is 598 g/mol. The van der Waals surface area contributed by atoms with Crippen LogP contribution in [-0.2, 0) is 16.6 Å². The lowest BCUT2D eigenvalue weighted by molar-refractivity contribution is -0.205. The molecule has 2 aromatic carbocycles. The largest absolute Gasteiger partial charge is 0.504 e. The van der Waals surface area contributed by atoms with E-state index in [2.05, 4.69) is 30.6 Å². The standard InChI is InChI=1S/C39H48F2N2O4/c1-22(2)27-10-4-23(3)18-31(27)43(34(45)13-8-24-7-11-28(40)29(41)19-24)30-14-15-39(46)33-20-26-9-12-32(44)36-35(26)38(39,37(30)47-36)16-17-42(33)21-25-5-6-25/h7-9,11-13,19,22-23,25,27,30-31,33,37,44,46H,4-6,10,14-18,20-21H2,1-3H3/b13-8+/t23?,27?,30?,31?,33-,37?,38+,39-/m1/s1. The van der Waals surface area contributed by atoms with Crippen LogP contribution in [0.1, 0.15) is 88.8 Å². The topological polar surface area (TPSA) is 73.2 Å². The summed E-state index contributed by atoms with van der Waals surface area (Å²) in [5.74, 6) is 0.326. The molecule has 3 saturated carbocycles. The van der Waals surface area contributed by atoms with Crippen molar-refractivity contribution in [3.05, 3.63) is 64.7 Å². The maximum absolute atomic E-state index is 14.7. The maximum Gasteiger partial charge on any atom is 0.247 e. The molecule has 8 heteroatoms. The molecule has 4 aliphatic carbocycles. The molecular formula is C39H48F2N2O4. The van der Waals surface area contributed by atoms with E-state index in [0.29, 0.717) is 48.3 Å². The monoisotopic (exact) mass is 646 g/mol. The first kappa shape index (κ1) is 31.3. The van der Waals surface area contributed by atoms with Crippen molar-refractivity contribution in [2.45, 2.75) is 114 Å². The summed E-state index contributed by atoms with van der Waals surface area (Å²) in [7, 11) is 0. The van der Waals surface area contributed by atoms with Crippen molar-refractivity contribution in [3.8, 4) is 11.5 Å². The van der Waals surface area contributed by atoms with Crippen LogP contribution < -0.4 is 4.74 Å². The van der Waals surface area contributed by atoms with Crippen molar-refractivity contribution in [2.75, 3.05) is 13.1 Å². The lowest BCUT2D eigenvalue weighted by Crippen LogP contribution is -2.78. The Kier molecular flexibility index (Phi) is 7.52. The van der Waals surface area contributed by atoms with Crippen LogP contribution in [0.3, 0.4) is 0 Å². The van der Waals surface area contributed by atoms with Gasteiger partial charge < -0.3 is 19.8 Å². The van der Waals surface area contributed by atoms with E-state index in [4.69, 9.17) is 4.74 Å². The van der Waals surface area contributed by atoms with Crippen molar-refractivity contribution >= 4 is 12.0 Å². The van der Waals surface area contributed by atoms with Crippen LogP contribution in [0.4, 0.5) is 8.78 Å². The second-order valence-electron chi connectivity index (χ2n) is 16.0. The number of amides is 1. The Bertz CT molecular complexity index is 1610. The molecule has 6 aliphatic rings. The fraction of sp³-hybridized carbons (Fsp3) is 0.615. The van der Waals surface area contributed by atoms with Crippen LogP contribution in [0.2, 0.25) is 0 Å². The number of hydrogen-bond donors (Lipinski definition) is 2. The first-order valence-electron chi connectivity index (χ1n) is 18.0. The summed E-state index contributed by atoms with van der Waals surface area (Å²) in [5.41, 5.74) is 0.736. The number of halogens is 2. The number of benzene rings is 2. The van der Waals surface area contributed by atoms with Gasteiger partial charge in [0.1, 0.15) is 6.10 Å². The molecule has 5 unspecified atom stereocenters. The molecule has 252 valence electrons. The Morgan fingerprint density at radius 3 is 2.64 bits per heavy atom. The fourth-order valence-corrected chi connectivity index (χ4v) is 10.7. The summed E-state index contributed by atoms with van der Waals surface area (Å²) in [6.45, 7) is 8.59. The third-order valence-corrected chi connectivity index (χ3v) is 13.0. The average molecular weight is 647 g/mol. The maximum atomic E-state index is 14.7. The van der Waals surface area contributed by atoms with Gasteiger partial charge in [0.05, 0.1) is 17.1 Å². The quantitative estimate of drug-likeness (QED) is 0.332. The first-order valence-corrected chi connectivity index (χ1v) is 18.0. The highest BCUT2D eigenvalue weighted by atomic mass is 19.2. The van der Waals surface area contributed by atoms with E-state index < -0.39 is 28.8 Å². The lowest BCUT2D eigenvalue weighted by Gasteiger charge is -2.65. The number of piperidine rings is 1. The van der Waals surface area contributed by atoms with Crippen molar-refractivity contribution < 1.29 is 28.5 Å². The molecule has 4 fully saturated rings. The SMILES string of the molecule is CC1CCC(C(C)C)C(N(C(=O)/C=C/c2ccc(F)c(F)c2)C2CC[C@@]3(O)[C@H]4Cc5ccc(O)c6c5[C@@]3(CCN4CC3CC3)C2O6)C1. The van der Waals surface area contributed by atoms with Crippen LogP contribution in [0, 0.1) is 35.3 Å². The van der Waals surface area contributed by atoms with Gasteiger partial charge in [-0.05, 0) is 117 Å². The molecule has 2 N–H and O–H groups in total. The number of hydrogen-bond acceptors (Lipinski definition) is 5. The van der Waals surface area contributed by atoms with E-state index in [9.17, 15) is 23.8 Å². The molecule has 1 amide bonds. The molecule has 0 aromatic heterocycles. The Morgan fingerprint density at radius 1 is 1.09 bits per heavy atom. The zero-order valence-corrected chi connectivity index (χ0v) is 27.8. The number of carbonyl (C=O) groups is 1. The van der Waals surface area contributed by atoms with Gasteiger partial charge in [0.2, 0.25) is 5.91 Å². The second-order valence-corrected chi connectivity index (χ2v) is 16.0. The minimum Gasteiger partial charge on any atom is -0.504 e. The molecule has 2 aliphatic heterocycles. The molecule has 47 heavy (non-hydrogen) atoms. The highest BCUT2D eigenvalue weighted by Gasteiger charge is 2.74. The normalized spacial score (nSPS) is 36.0. The van der Waals surface area contributed by atoms with Crippen molar-refractivity contribution in [2.24, 2.45) is 23.7 Å². The molecule has 8 atom stereocenters. The number of carbonyl (C=O) groups excluding carboxylic acids is 1. The Labute approximate surface area is 276 Å². The molecule has 1 spiro atoms. The number of aromatic hydroxyl groups is 1. The van der Waals surface area contributed by atoms with Gasteiger partial charge >= 0.3 is 0 Å². The fourth-order valence-electron chi connectivity index (χ4n) is 10.7. The summed E-state index contributed by atoms with van der Waals surface area (Å²) >= 11 is 0. The minimum atomic E-state index is -1.04. The first-order chi connectivity index (χ1) is 22.5. The van der Waals surface area contributed by atoms with E-state index in [-0.39, 0.29) is 35.7 Å². The Hall–Kier alpha value is -2.97. The minimum absolute atomic E-state index is 0.0387. The van der Waals surface area contributed by atoms with Gasteiger partial charge in [-0.25, -0.2) is 8.78 Å². The van der Waals surface area contributed by atoms with Gasteiger partial charge in [0.25, 0.3) is 0 Å². The van der Waals surface area contributed by atoms with Crippen molar-refractivity contribution in [1.82, 2.24) is 9.80 Å². The molecule has 2 aromatic rings. The smallest absolute Gasteiger partial charge is 0.247 e. The average Bonchev–Trinajstić information content (AvgIpc) is 3.78. The lowest BCUT2D eigenvalue weighted by atomic mass is 9.48. The van der Waals surface area contributed by atoms with Gasteiger partial charge in [0, 0.05) is 30.3 Å². The number of phenolic OH excluding ortho intramolecular Hbond substituents is 1. The van der Waals surface area contributed by atoms with Crippen LogP contribution in [0.5, 0.6) is 11.5 Å². The predicted octanol–water partition coefficient (Wildman–Crippen LogP) is 6.61. The predicted molar refractivity (Wildman–Crippen MR) is 176 cm³/mol. The molecule has 0 radical (unpaired) electrons. The summed E-state index contributed by atoms with van der Waals surface area (Å²) in [6, 6.07) is 7.01. The van der Waals surface area contributed by atoms with Gasteiger partial charge in [-0.1, -0.05) is 39.3 Å².